The van der Waals surface area contributed by atoms with Crippen molar-refractivity contribution in [2.24, 2.45) is 0 Å². The van der Waals surface area contributed by atoms with E-state index in [0.717, 1.165) is 11.2 Å². The summed E-state index contributed by atoms with van der Waals surface area (Å²) >= 11 is 0. The van der Waals surface area contributed by atoms with E-state index in [9.17, 15) is 4.79 Å². The number of rotatable bonds is 3. The highest BCUT2D eigenvalue weighted by atomic mass is 16.5. The summed E-state index contributed by atoms with van der Waals surface area (Å²) in [4.78, 5) is 16.1. The molecule has 20 heavy (non-hydrogen) atoms. The number of methoxy groups -OCH3 is 3. The van der Waals surface area contributed by atoms with Gasteiger partial charge in [-0.15, -0.1) is 0 Å². The second-order valence-corrected chi connectivity index (χ2v) is 4.36. The van der Waals surface area contributed by atoms with Crippen LogP contribution in [0.15, 0.2) is 10.9 Å². The molecule has 1 aromatic heterocycles. The summed E-state index contributed by atoms with van der Waals surface area (Å²) in [5.41, 5.74) is 0.166. The maximum Gasteiger partial charge on any atom is 0.349 e. The third kappa shape index (κ3) is 1.59. The van der Waals surface area contributed by atoms with Crippen LogP contribution in [0.2, 0.25) is 0 Å². The van der Waals surface area contributed by atoms with Crippen molar-refractivity contribution in [3.05, 3.63) is 16.6 Å². The normalized spacial score (nSPS) is 12.9. The summed E-state index contributed by atoms with van der Waals surface area (Å²) < 4.78 is 17.6. The molecule has 0 saturated carbocycles. The van der Waals surface area contributed by atoms with Crippen molar-refractivity contribution in [1.82, 2.24) is 9.55 Å². The fraction of sp³-hybridized carbons (Fsp3) is 0.385. The minimum Gasteiger partial charge on any atom is -0.493 e. The van der Waals surface area contributed by atoms with Crippen molar-refractivity contribution < 1.29 is 14.2 Å². The smallest absolute Gasteiger partial charge is 0.349 e. The summed E-state index contributed by atoms with van der Waals surface area (Å²) in [7, 11) is 4.58. The van der Waals surface area contributed by atoms with E-state index in [1.807, 2.05) is 0 Å². The number of aromatic nitrogens is 2. The van der Waals surface area contributed by atoms with Gasteiger partial charge in [-0.2, -0.15) is 4.98 Å². The summed E-state index contributed by atoms with van der Waals surface area (Å²) in [6.07, 6.45) is 0. The fourth-order valence-electron chi connectivity index (χ4n) is 2.51. The topological polar surface area (TPSA) is 74.6 Å². The quantitative estimate of drug-likeness (QED) is 0.896. The zero-order valence-corrected chi connectivity index (χ0v) is 11.5. The second-order valence-electron chi connectivity index (χ2n) is 4.36. The lowest BCUT2D eigenvalue weighted by Gasteiger charge is -2.15. The minimum atomic E-state index is -0.303. The van der Waals surface area contributed by atoms with Crippen LogP contribution in [0.3, 0.4) is 0 Å². The second kappa shape index (κ2) is 4.59. The molecule has 1 aliphatic heterocycles. The Hall–Kier alpha value is -2.44. The molecule has 1 aromatic carbocycles. The van der Waals surface area contributed by atoms with Gasteiger partial charge in [-0.05, 0) is 6.07 Å². The molecule has 7 nitrogen and oxygen atoms in total. The maximum atomic E-state index is 12.0. The number of ether oxygens (including phenoxy) is 3. The van der Waals surface area contributed by atoms with Gasteiger partial charge >= 0.3 is 5.69 Å². The molecule has 1 aliphatic rings. The van der Waals surface area contributed by atoms with Gasteiger partial charge < -0.3 is 19.5 Å². The Morgan fingerprint density at radius 2 is 1.95 bits per heavy atom. The highest BCUT2D eigenvalue weighted by Crippen LogP contribution is 2.44. The first kappa shape index (κ1) is 12.6. The lowest BCUT2D eigenvalue weighted by Crippen LogP contribution is -2.21. The van der Waals surface area contributed by atoms with E-state index in [2.05, 4.69) is 10.3 Å². The van der Waals surface area contributed by atoms with Gasteiger partial charge in [-0.1, -0.05) is 0 Å². The number of fused-ring (bicyclic) bond motifs is 3. The standard InChI is InChI=1S/C13H15N3O4/c1-18-8-6-7-9(11(20-3)10(8)19-2)15-13(17)16-5-4-14-12(7)16/h6,14H,4-5H2,1-3H3. The number of anilines is 1. The number of hydrogen-bond acceptors (Lipinski definition) is 6. The van der Waals surface area contributed by atoms with Crippen molar-refractivity contribution in [3.63, 3.8) is 0 Å². The predicted molar refractivity (Wildman–Crippen MR) is 74.1 cm³/mol. The third-order valence-electron chi connectivity index (χ3n) is 3.40. The Morgan fingerprint density at radius 3 is 2.60 bits per heavy atom. The van der Waals surface area contributed by atoms with Gasteiger partial charge in [0.25, 0.3) is 0 Å². The molecule has 2 aromatic rings. The predicted octanol–water partition coefficient (Wildman–Crippen LogP) is 0.848. The first-order valence-electron chi connectivity index (χ1n) is 6.18. The molecule has 0 spiro atoms. The Bertz CT molecular complexity index is 739. The zero-order chi connectivity index (χ0) is 14.3. The number of hydrogen-bond donors (Lipinski definition) is 1. The molecule has 7 heteroatoms. The first-order valence-corrected chi connectivity index (χ1v) is 6.18. The molecule has 0 fully saturated rings. The van der Waals surface area contributed by atoms with E-state index >= 15 is 0 Å². The zero-order valence-electron chi connectivity index (χ0n) is 11.5. The van der Waals surface area contributed by atoms with Gasteiger partial charge in [0.05, 0.1) is 21.3 Å². The molecule has 0 saturated heterocycles. The Morgan fingerprint density at radius 1 is 1.20 bits per heavy atom. The largest absolute Gasteiger partial charge is 0.493 e. The summed E-state index contributed by atoms with van der Waals surface area (Å²) in [6, 6.07) is 1.80. The van der Waals surface area contributed by atoms with Crippen LogP contribution in [-0.2, 0) is 6.54 Å². The van der Waals surface area contributed by atoms with Crippen LogP contribution >= 0.6 is 0 Å². The molecular weight excluding hydrogens is 262 g/mol. The molecule has 0 aliphatic carbocycles. The Kier molecular flexibility index (Phi) is 2.89. The van der Waals surface area contributed by atoms with Crippen LogP contribution in [0.25, 0.3) is 10.9 Å². The summed E-state index contributed by atoms with van der Waals surface area (Å²) in [5.74, 6) is 2.10. The summed E-state index contributed by atoms with van der Waals surface area (Å²) in [5, 5.41) is 3.97. The number of benzene rings is 1. The Labute approximate surface area is 115 Å². The van der Waals surface area contributed by atoms with Crippen LogP contribution in [0.5, 0.6) is 17.2 Å². The number of nitrogens with zero attached hydrogens (tertiary/aromatic N) is 2. The van der Waals surface area contributed by atoms with E-state index < -0.39 is 0 Å². The average Bonchev–Trinajstić information content (AvgIpc) is 2.95. The molecular formula is C13H15N3O4. The van der Waals surface area contributed by atoms with Crippen molar-refractivity contribution in [2.75, 3.05) is 33.2 Å². The van der Waals surface area contributed by atoms with E-state index in [0.29, 0.717) is 35.9 Å². The highest BCUT2D eigenvalue weighted by Gasteiger charge is 2.23. The molecule has 3 rings (SSSR count). The lowest BCUT2D eigenvalue weighted by atomic mass is 10.2. The Balaban J connectivity index is 2.47. The molecule has 0 unspecified atom stereocenters. The first-order chi connectivity index (χ1) is 9.71. The van der Waals surface area contributed by atoms with E-state index in [1.165, 1.54) is 14.2 Å². The van der Waals surface area contributed by atoms with Crippen molar-refractivity contribution in [2.45, 2.75) is 6.54 Å². The molecule has 0 amide bonds. The van der Waals surface area contributed by atoms with Gasteiger partial charge in [0.1, 0.15) is 11.3 Å². The van der Waals surface area contributed by atoms with Crippen LogP contribution in [-0.4, -0.2) is 37.4 Å². The minimum absolute atomic E-state index is 0.303. The highest BCUT2D eigenvalue weighted by molar-refractivity contribution is 5.97. The van der Waals surface area contributed by atoms with Gasteiger partial charge in [-0.25, -0.2) is 4.79 Å². The van der Waals surface area contributed by atoms with Gasteiger partial charge in [-0.3, -0.25) is 4.57 Å². The van der Waals surface area contributed by atoms with Gasteiger partial charge in [0, 0.05) is 18.5 Å². The summed E-state index contributed by atoms with van der Waals surface area (Å²) in [6.45, 7) is 1.31. The van der Waals surface area contributed by atoms with Gasteiger partial charge in [0.2, 0.25) is 5.75 Å². The lowest BCUT2D eigenvalue weighted by molar-refractivity contribution is 0.326. The monoisotopic (exact) mass is 277 g/mol. The van der Waals surface area contributed by atoms with Crippen LogP contribution in [0.4, 0.5) is 5.82 Å². The van der Waals surface area contributed by atoms with E-state index in [4.69, 9.17) is 14.2 Å². The van der Waals surface area contributed by atoms with Gasteiger partial charge in [0.15, 0.2) is 11.5 Å². The van der Waals surface area contributed by atoms with E-state index in [1.54, 1.807) is 17.7 Å². The maximum absolute atomic E-state index is 12.0. The van der Waals surface area contributed by atoms with Crippen molar-refractivity contribution in [1.29, 1.82) is 0 Å². The molecule has 0 bridgehead atoms. The fourth-order valence-corrected chi connectivity index (χ4v) is 2.51. The molecule has 0 radical (unpaired) electrons. The number of nitrogens with one attached hydrogen (secondary N) is 1. The van der Waals surface area contributed by atoms with Crippen LogP contribution in [0, 0.1) is 0 Å². The van der Waals surface area contributed by atoms with Crippen molar-refractivity contribution in [3.8, 4) is 17.2 Å². The molecule has 106 valence electrons. The van der Waals surface area contributed by atoms with Crippen LogP contribution in [0.1, 0.15) is 0 Å². The molecule has 2 heterocycles. The molecule has 1 N–H and O–H groups in total. The van der Waals surface area contributed by atoms with Crippen LogP contribution < -0.4 is 25.2 Å². The third-order valence-corrected chi connectivity index (χ3v) is 3.40. The van der Waals surface area contributed by atoms with Crippen molar-refractivity contribution >= 4 is 16.7 Å². The average molecular weight is 277 g/mol. The SMILES string of the molecule is COc1cc2c3n(c(=O)nc2c(OC)c1OC)CCN3. The molecule has 0 atom stereocenters. The van der Waals surface area contributed by atoms with E-state index in [-0.39, 0.29) is 5.69 Å².